The summed E-state index contributed by atoms with van der Waals surface area (Å²) < 4.78 is 28.6. The molecule has 0 saturated heterocycles. The van der Waals surface area contributed by atoms with Crippen LogP contribution in [0.3, 0.4) is 0 Å². The fourth-order valence-corrected chi connectivity index (χ4v) is 4.98. The lowest BCUT2D eigenvalue weighted by atomic mass is 9.96. The number of aryl methyl sites for hydroxylation is 1. The zero-order chi connectivity index (χ0) is 20.1. The SMILES string of the molecule is Cc1ccc(NC(=S)NC2CCCCC2)c(S(=O)(=O)Nc2ccc(Cl)cc2)c1. The molecule has 28 heavy (non-hydrogen) atoms. The highest BCUT2D eigenvalue weighted by Gasteiger charge is 2.21. The Balaban J connectivity index is 1.79. The zero-order valence-electron chi connectivity index (χ0n) is 15.7. The lowest BCUT2D eigenvalue weighted by Crippen LogP contribution is -2.39. The number of anilines is 2. The molecule has 1 saturated carbocycles. The van der Waals surface area contributed by atoms with Gasteiger partial charge in [-0.15, -0.1) is 0 Å². The van der Waals surface area contributed by atoms with Gasteiger partial charge in [0.05, 0.1) is 5.69 Å². The van der Waals surface area contributed by atoms with E-state index in [9.17, 15) is 8.42 Å². The van der Waals surface area contributed by atoms with E-state index < -0.39 is 10.0 Å². The van der Waals surface area contributed by atoms with Crippen LogP contribution in [0.4, 0.5) is 11.4 Å². The Morgan fingerprint density at radius 2 is 1.75 bits per heavy atom. The summed E-state index contributed by atoms with van der Waals surface area (Å²) in [6, 6.07) is 12.1. The molecule has 0 unspecified atom stereocenters. The number of benzene rings is 2. The largest absolute Gasteiger partial charge is 0.360 e. The summed E-state index contributed by atoms with van der Waals surface area (Å²) in [6.45, 7) is 1.85. The van der Waals surface area contributed by atoms with E-state index in [1.807, 2.05) is 13.0 Å². The van der Waals surface area contributed by atoms with E-state index in [4.69, 9.17) is 23.8 Å². The molecule has 3 N–H and O–H groups in total. The quantitative estimate of drug-likeness (QED) is 0.570. The van der Waals surface area contributed by atoms with Crippen LogP contribution in [0.25, 0.3) is 0 Å². The molecule has 0 heterocycles. The molecule has 8 heteroatoms. The van der Waals surface area contributed by atoms with Crippen LogP contribution in [-0.2, 0) is 10.0 Å². The molecule has 5 nitrogen and oxygen atoms in total. The van der Waals surface area contributed by atoms with Crippen LogP contribution in [0.1, 0.15) is 37.7 Å². The molecular formula is C20H24ClN3O2S2. The van der Waals surface area contributed by atoms with Crippen molar-refractivity contribution < 1.29 is 8.42 Å². The van der Waals surface area contributed by atoms with Crippen molar-refractivity contribution in [1.82, 2.24) is 5.32 Å². The molecule has 2 aromatic carbocycles. The average molecular weight is 438 g/mol. The van der Waals surface area contributed by atoms with Gasteiger partial charge in [-0.25, -0.2) is 8.42 Å². The van der Waals surface area contributed by atoms with E-state index in [0.717, 1.165) is 18.4 Å². The summed E-state index contributed by atoms with van der Waals surface area (Å²) in [5.41, 5.74) is 1.73. The smallest absolute Gasteiger partial charge is 0.263 e. The Kier molecular flexibility index (Phi) is 6.80. The monoisotopic (exact) mass is 437 g/mol. The van der Waals surface area contributed by atoms with Crippen molar-refractivity contribution in [3.63, 3.8) is 0 Å². The summed E-state index contributed by atoms with van der Waals surface area (Å²) in [5, 5.41) is 7.36. The van der Waals surface area contributed by atoms with E-state index in [1.165, 1.54) is 19.3 Å². The molecule has 0 aliphatic heterocycles. The summed E-state index contributed by atoms with van der Waals surface area (Å²) >= 11 is 11.3. The van der Waals surface area contributed by atoms with Gasteiger partial charge in [-0.2, -0.15) is 0 Å². The van der Waals surface area contributed by atoms with Crippen molar-refractivity contribution in [3.05, 3.63) is 53.1 Å². The minimum Gasteiger partial charge on any atom is -0.360 e. The van der Waals surface area contributed by atoms with Gasteiger partial charge in [-0.05, 0) is 73.9 Å². The van der Waals surface area contributed by atoms with Gasteiger partial charge in [0.25, 0.3) is 10.0 Å². The highest BCUT2D eigenvalue weighted by molar-refractivity contribution is 7.93. The minimum atomic E-state index is -3.80. The topological polar surface area (TPSA) is 70.2 Å². The minimum absolute atomic E-state index is 0.148. The number of rotatable bonds is 5. The number of nitrogens with one attached hydrogen (secondary N) is 3. The van der Waals surface area contributed by atoms with Crippen molar-refractivity contribution >= 4 is 50.3 Å². The van der Waals surface area contributed by atoms with Crippen molar-refractivity contribution in [2.45, 2.75) is 50.0 Å². The normalized spacial score (nSPS) is 15.1. The van der Waals surface area contributed by atoms with Crippen molar-refractivity contribution in [3.8, 4) is 0 Å². The maximum Gasteiger partial charge on any atom is 0.263 e. The Hall–Kier alpha value is -1.83. The molecule has 0 amide bonds. The van der Waals surface area contributed by atoms with E-state index in [0.29, 0.717) is 27.6 Å². The first kappa shape index (κ1) is 20.9. The molecule has 0 bridgehead atoms. The number of sulfonamides is 1. The van der Waals surface area contributed by atoms with Crippen LogP contribution in [0, 0.1) is 6.92 Å². The predicted octanol–water partition coefficient (Wildman–Crippen LogP) is 5.07. The molecular weight excluding hydrogens is 414 g/mol. The van der Waals surface area contributed by atoms with Crippen molar-refractivity contribution in [2.24, 2.45) is 0 Å². The molecule has 1 aliphatic rings. The second kappa shape index (κ2) is 9.11. The molecule has 2 aromatic rings. The van der Waals surface area contributed by atoms with Gasteiger partial charge in [0.15, 0.2) is 5.11 Å². The number of hydrogen-bond acceptors (Lipinski definition) is 3. The van der Waals surface area contributed by atoms with E-state index in [1.54, 1.807) is 36.4 Å². The van der Waals surface area contributed by atoms with Gasteiger partial charge in [-0.3, -0.25) is 4.72 Å². The molecule has 3 rings (SSSR count). The Morgan fingerprint density at radius 3 is 2.43 bits per heavy atom. The van der Waals surface area contributed by atoms with Crippen LogP contribution >= 0.6 is 23.8 Å². The van der Waals surface area contributed by atoms with E-state index in [-0.39, 0.29) is 4.90 Å². The van der Waals surface area contributed by atoms with Crippen LogP contribution in [0.5, 0.6) is 0 Å². The summed E-state index contributed by atoms with van der Waals surface area (Å²) in [4.78, 5) is 0.148. The second-order valence-corrected chi connectivity index (χ2v) is 9.54. The molecule has 150 valence electrons. The highest BCUT2D eigenvalue weighted by Crippen LogP contribution is 2.26. The molecule has 0 atom stereocenters. The lowest BCUT2D eigenvalue weighted by Gasteiger charge is -2.25. The van der Waals surface area contributed by atoms with Gasteiger partial charge in [0.2, 0.25) is 0 Å². The second-order valence-electron chi connectivity index (χ2n) is 7.05. The predicted molar refractivity (Wildman–Crippen MR) is 120 cm³/mol. The highest BCUT2D eigenvalue weighted by atomic mass is 35.5. The standard InChI is InChI=1S/C20H24ClN3O2S2/c1-14-7-12-18(23-20(27)22-16-5-3-2-4-6-16)19(13-14)28(25,26)24-17-10-8-15(21)9-11-17/h7-13,16,24H,2-6H2,1H3,(H2,22,23,27). The molecule has 1 fully saturated rings. The zero-order valence-corrected chi connectivity index (χ0v) is 18.1. The maximum atomic E-state index is 13.0. The first-order valence-corrected chi connectivity index (χ1v) is 11.6. The lowest BCUT2D eigenvalue weighted by molar-refractivity contribution is 0.415. The number of thiocarbonyl (C=S) groups is 1. The first-order valence-electron chi connectivity index (χ1n) is 9.30. The molecule has 1 aliphatic carbocycles. The third-order valence-electron chi connectivity index (χ3n) is 4.71. The van der Waals surface area contributed by atoms with Gasteiger partial charge in [-0.1, -0.05) is 36.9 Å². The Bertz CT molecular complexity index is 940. The summed E-state index contributed by atoms with van der Waals surface area (Å²) in [6.07, 6.45) is 5.80. The molecule has 0 radical (unpaired) electrons. The van der Waals surface area contributed by atoms with E-state index in [2.05, 4.69) is 15.4 Å². The van der Waals surface area contributed by atoms with Crippen molar-refractivity contribution in [1.29, 1.82) is 0 Å². The number of hydrogen-bond donors (Lipinski definition) is 3. The van der Waals surface area contributed by atoms with Crippen LogP contribution in [0.15, 0.2) is 47.4 Å². The fraction of sp³-hybridized carbons (Fsp3) is 0.350. The van der Waals surface area contributed by atoms with Gasteiger partial charge >= 0.3 is 0 Å². The third kappa shape index (κ3) is 5.59. The Labute approximate surface area is 176 Å². The maximum absolute atomic E-state index is 13.0. The molecule has 0 aromatic heterocycles. The molecule has 0 spiro atoms. The van der Waals surface area contributed by atoms with Gasteiger partial charge < -0.3 is 10.6 Å². The van der Waals surface area contributed by atoms with E-state index >= 15 is 0 Å². The fourth-order valence-electron chi connectivity index (χ4n) is 3.27. The number of halogens is 1. The average Bonchev–Trinajstić information content (AvgIpc) is 2.65. The van der Waals surface area contributed by atoms with Crippen LogP contribution in [0.2, 0.25) is 5.02 Å². The Morgan fingerprint density at radius 1 is 1.07 bits per heavy atom. The van der Waals surface area contributed by atoms with Gasteiger partial charge in [0, 0.05) is 16.8 Å². The van der Waals surface area contributed by atoms with Crippen LogP contribution < -0.4 is 15.4 Å². The first-order chi connectivity index (χ1) is 13.3. The third-order valence-corrected chi connectivity index (χ3v) is 6.60. The van der Waals surface area contributed by atoms with Crippen molar-refractivity contribution in [2.75, 3.05) is 10.0 Å². The van der Waals surface area contributed by atoms with Gasteiger partial charge in [0.1, 0.15) is 4.90 Å². The summed E-state index contributed by atoms with van der Waals surface area (Å²) in [7, 11) is -3.80. The summed E-state index contributed by atoms with van der Waals surface area (Å²) in [5.74, 6) is 0. The van der Waals surface area contributed by atoms with Crippen LogP contribution in [-0.4, -0.2) is 19.6 Å².